The van der Waals surface area contributed by atoms with Crippen molar-refractivity contribution >= 4 is 0 Å². The highest BCUT2D eigenvalue weighted by Crippen LogP contribution is 2.27. The second kappa shape index (κ2) is 20.0. The predicted octanol–water partition coefficient (Wildman–Crippen LogP) is 13.3. The molecule has 44 heavy (non-hydrogen) atoms. The zero-order valence-electron chi connectivity index (χ0n) is 30.9. The lowest BCUT2D eigenvalue weighted by Crippen LogP contribution is -2.08. The standard InChI is InChI=1S/C10H14.2C9H12.C8H16.C8H10/c1-7-5-8(2)10(4)9(3)6-7;2*1-7-4-5-8(2)9(3)6-7;2*1-7-3-5-8(2)6-4-7/h5-6H,1-4H3;2*4-6H,1-3H3;7-8H,3-6H2,1-2H3;3-6H,1-2H3. The first-order valence-corrected chi connectivity index (χ1v) is 16.7. The number of rotatable bonds is 0. The normalized spacial score (nSPS) is 15.1. The van der Waals surface area contributed by atoms with Gasteiger partial charge < -0.3 is 0 Å². The fraction of sp³-hybridized carbons (Fsp3) is 0.455. The van der Waals surface area contributed by atoms with Crippen molar-refractivity contribution in [3.63, 3.8) is 0 Å². The van der Waals surface area contributed by atoms with Crippen LogP contribution in [0.5, 0.6) is 0 Å². The Morgan fingerprint density at radius 3 is 0.864 bits per heavy atom. The van der Waals surface area contributed by atoms with Gasteiger partial charge in [0.15, 0.2) is 0 Å². The van der Waals surface area contributed by atoms with Gasteiger partial charge in [-0.05, 0) is 134 Å². The minimum atomic E-state index is 1.02. The van der Waals surface area contributed by atoms with Crippen molar-refractivity contribution in [2.75, 3.05) is 0 Å². The van der Waals surface area contributed by atoms with Crippen molar-refractivity contribution in [2.45, 2.75) is 123 Å². The molecule has 1 fully saturated rings. The Labute approximate surface area is 273 Å². The van der Waals surface area contributed by atoms with Crippen molar-refractivity contribution in [3.8, 4) is 0 Å². The average molecular weight is 593 g/mol. The number of hydrogen-bond donors (Lipinski definition) is 0. The molecule has 0 N–H and O–H groups in total. The van der Waals surface area contributed by atoms with Gasteiger partial charge in [-0.15, -0.1) is 0 Å². The Morgan fingerprint density at radius 1 is 0.318 bits per heavy atom. The van der Waals surface area contributed by atoms with Gasteiger partial charge in [-0.3, -0.25) is 0 Å². The molecule has 1 saturated carbocycles. The van der Waals surface area contributed by atoms with Crippen molar-refractivity contribution in [1.82, 2.24) is 0 Å². The first-order chi connectivity index (χ1) is 20.6. The van der Waals surface area contributed by atoms with Crippen LogP contribution in [-0.2, 0) is 0 Å². The van der Waals surface area contributed by atoms with E-state index in [-0.39, 0.29) is 0 Å². The van der Waals surface area contributed by atoms with Gasteiger partial charge in [0.05, 0.1) is 0 Å². The third-order valence-electron chi connectivity index (χ3n) is 8.92. The van der Waals surface area contributed by atoms with Gasteiger partial charge in [0.1, 0.15) is 0 Å². The minimum Gasteiger partial charge on any atom is -0.0625 e. The largest absolute Gasteiger partial charge is 0.0625 e. The van der Waals surface area contributed by atoms with Crippen LogP contribution in [0.25, 0.3) is 0 Å². The zero-order chi connectivity index (χ0) is 33.4. The van der Waals surface area contributed by atoms with E-state index in [1.807, 2.05) is 0 Å². The maximum absolute atomic E-state index is 2.37. The quantitative estimate of drug-likeness (QED) is 0.190. The lowest BCUT2D eigenvalue weighted by molar-refractivity contribution is 0.308. The van der Waals surface area contributed by atoms with Crippen molar-refractivity contribution in [2.24, 2.45) is 11.8 Å². The molecular weight excluding hydrogens is 528 g/mol. The Hall–Kier alpha value is -3.12. The Bertz CT molecular complexity index is 1270. The predicted molar refractivity (Wildman–Crippen MR) is 199 cm³/mol. The molecule has 4 aromatic rings. The molecule has 240 valence electrons. The molecule has 0 aromatic heterocycles. The summed E-state index contributed by atoms with van der Waals surface area (Å²) in [6.45, 7) is 30.3. The summed E-state index contributed by atoms with van der Waals surface area (Å²) in [6, 6.07) is 25.9. The van der Waals surface area contributed by atoms with Crippen LogP contribution in [0, 0.1) is 94.9 Å². The molecule has 0 nitrogen and oxygen atoms in total. The zero-order valence-corrected chi connectivity index (χ0v) is 30.9. The van der Waals surface area contributed by atoms with E-state index in [9.17, 15) is 0 Å². The summed E-state index contributed by atoms with van der Waals surface area (Å²) in [5.41, 5.74) is 16.5. The van der Waals surface area contributed by atoms with Crippen LogP contribution in [0.15, 0.2) is 72.8 Å². The molecule has 5 rings (SSSR count). The second-order valence-corrected chi connectivity index (χ2v) is 13.7. The van der Waals surface area contributed by atoms with Crippen molar-refractivity contribution in [1.29, 1.82) is 0 Å². The van der Waals surface area contributed by atoms with Gasteiger partial charge in [0.2, 0.25) is 0 Å². The van der Waals surface area contributed by atoms with Gasteiger partial charge in [-0.2, -0.15) is 0 Å². The lowest BCUT2D eigenvalue weighted by Gasteiger charge is -2.22. The summed E-state index contributed by atoms with van der Waals surface area (Å²) in [5.74, 6) is 2.04. The Balaban J connectivity index is 0.000000276. The second-order valence-electron chi connectivity index (χ2n) is 13.7. The van der Waals surface area contributed by atoms with E-state index >= 15 is 0 Å². The molecule has 1 aliphatic carbocycles. The highest BCUT2D eigenvalue weighted by Gasteiger charge is 2.13. The first kappa shape index (κ1) is 38.9. The van der Waals surface area contributed by atoms with Crippen molar-refractivity contribution in [3.05, 3.63) is 140 Å². The number of aryl methyl sites for hydroxylation is 11. The smallest absolute Gasteiger partial charge is 0.0392 e. The van der Waals surface area contributed by atoms with Crippen LogP contribution >= 0.6 is 0 Å². The molecule has 0 spiro atoms. The van der Waals surface area contributed by atoms with Crippen LogP contribution < -0.4 is 0 Å². The van der Waals surface area contributed by atoms with Crippen LogP contribution in [0.4, 0.5) is 0 Å². The average Bonchev–Trinajstić information content (AvgIpc) is 2.96. The van der Waals surface area contributed by atoms with E-state index < -0.39 is 0 Å². The van der Waals surface area contributed by atoms with E-state index in [1.165, 1.54) is 92.4 Å². The van der Waals surface area contributed by atoms with Gasteiger partial charge in [-0.25, -0.2) is 0 Å². The molecule has 0 heterocycles. The Kier molecular flexibility index (Phi) is 17.7. The molecule has 0 bridgehead atoms. The van der Waals surface area contributed by atoms with Gasteiger partial charge in [-0.1, -0.05) is 140 Å². The highest BCUT2D eigenvalue weighted by atomic mass is 14.2. The van der Waals surface area contributed by atoms with E-state index in [1.54, 1.807) is 0 Å². The molecule has 0 amide bonds. The molecule has 0 heteroatoms. The molecule has 4 aromatic carbocycles. The maximum Gasteiger partial charge on any atom is -0.0392 e. The molecule has 0 aliphatic heterocycles. The summed E-state index contributed by atoms with van der Waals surface area (Å²) in [5, 5.41) is 0. The minimum absolute atomic E-state index is 1.02. The fourth-order valence-corrected chi connectivity index (χ4v) is 5.10. The van der Waals surface area contributed by atoms with E-state index in [0.717, 1.165) is 11.8 Å². The molecule has 0 atom stereocenters. The molecule has 1 aliphatic rings. The number of benzene rings is 4. The summed E-state index contributed by atoms with van der Waals surface area (Å²) in [4.78, 5) is 0. The van der Waals surface area contributed by atoms with E-state index in [0.29, 0.717) is 0 Å². The highest BCUT2D eigenvalue weighted by molar-refractivity contribution is 5.36. The summed E-state index contributed by atoms with van der Waals surface area (Å²) >= 11 is 0. The van der Waals surface area contributed by atoms with Crippen molar-refractivity contribution < 1.29 is 0 Å². The van der Waals surface area contributed by atoms with Gasteiger partial charge in [0.25, 0.3) is 0 Å². The number of hydrogen-bond acceptors (Lipinski definition) is 0. The summed E-state index contributed by atoms with van der Waals surface area (Å²) in [7, 11) is 0. The Morgan fingerprint density at radius 2 is 0.591 bits per heavy atom. The van der Waals surface area contributed by atoms with Crippen LogP contribution in [-0.4, -0.2) is 0 Å². The summed E-state index contributed by atoms with van der Waals surface area (Å²) in [6.07, 6.45) is 5.89. The third-order valence-corrected chi connectivity index (χ3v) is 8.92. The molecule has 0 saturated heterocycles. The van der Waals surface area contributed by atoms with Crippen LogP contribution in [0.1, 0.15) is 106 Å². The fourth-order valence-electron chi connectivity index (χ4n) is 5.10. The SMILES string of the molecule is CC1CCC(C)CC1.Cc1cc(C)c(C)c(C)c1.Cc1ccc(C)c(C)c1.Cc1ccc(C)c(C)c1.Cc1ccc(C)cc1. The molecule has 0 radical (unpaired) electrons. The van der Waals surface area contributed by atoms with Crippen LogP contribution in [0.2, 0.25) is 0 Å². The van der Waals surface area contributed by atoms with E-state index in [4.69, 9.17) is 0 Å². The van der Waals surface area contributed by atoms with Gasteiger partial charge in [0, 0.05) is 0 Å². The molecular formula is C44H64. The van der Waals surface area contributed by atoms with Gasteiger partial charge >= 0.3 is 0 Å². The van der Waals surface area contributed by atoms with E-state index in [2.05, 4.69) is 170 Å². The first-order valence-electron chi connectivity index (χ1n) is 16.7. The lowest BCUT2D eigenvalue weighted by atomic mass is 9.84. The third kappa shape index (κ3) is 16.1. The maximum atomic E-state index is 2.37. The topological polar surface area (TPSA) is 0 Å². The monoisotopic (exact) mass is 593 g/mol. The van der Waals surface area contributed by atoms with Crippen LogP contribution in [0.3, 0.4) is 0 Å². The molecule has 0 unspecified atom stereocenters. The summed E-state index contributed by atoms with van der Waals surface area (Å²) < 4.78 is 0.